The van der Waals surface area contributed by atoms with Crippen molar-refractivity contribution in [2.24, 2.45) is 0 Å². The average Bonchev–Trinajstić information content (AvgIpc) is 2.74. The third kappa shape index (κ3) is 3.66. The molecule has 6 heteroatoms. The predicted octanol–water partition coefficient (Wildman–Crippen LogP) is 2.44. The van der Waals surface area contributed by atoms with Crippen LogP contribution in [-0.2, 0) is 17.6 Å². The maximum Gasteiger partial charge on any atom is 0.303 e. The predicted molar refractivity (Wildman–Crippen MR) is 67.2 cm³/mol. The Hall–Kier alpha value is -1.69. The van der Waals surface area contributed by atoms with Crippen LogP contribution in [0.2, 0.25) is 0 Å². The van der Waals surface area contributed by atoms with Crippen molar-refractivity contribution in [1.82, 2.24) is 10.1 Å². The fraction of sp³-hybridized carbons (Fsp3) is 0.250. The molecular weight excluding hydrogens is 300 g/mol. The Bertz CT molecular complexity index is 554. The molecular formula is C12H11BrN2O3. The summed E-state index contributed by atoms with van der Waals surface area (Å²) in [6.45, 7) is 0. The zero-order valence-corrected chi connectivity index (χ0v) is 11.1. The van der Waals surface area contributed by atoms with Crippen molar-refractivity contribution in [3.63, 3.8) is 0 Å². The number of aromatic nitrogens is 2. The molecule has 0 aliphatic heterocycles. The second-order valence-corrected chi connectivity index (χ2v) is 4.72. The van der Waals surface area contributed by atoms with Gasteiger partial charge in [-0.15, -0.1) is 0 Å². The Labute approximate surface area is 112 Å². The number of carbonyl (C=O) groups is 1. The summed E-state index contributed by atoms with van der Waals surface area (Å²) in [5.74, 6) is 0.0534. The molecule has 2 rings (SSSR count). The maximum atomic E-state index is 10.4. The molecule has 1 aromatic carbocycles. The van der Waals surface area contributed by atoms with Gasteiger partial charge in [0.05, 0.1) is 6.42 Å². The van der Waals surface area contributed by atoms with Crippen LogP contribution in [-0.4, -0.2) is 21.2 Å². The molecule has 2 aromatic rings. The zero-order valence-electron chi connectivity index (χ0n) is 9.47. The third-order valence-corrected chi connectivity index (χ3v) is 2.81. The number of hydrogen-bond donors (Lipinski definition) is 1. The van der Waals surface area contributed by atoms with Crippen LogP contribution in [0.25, 0.3) is 0 Å². The van der Waals surface area contributed by atoms with E-state index in [-0.39, 0.29) is 12.8 Å². The number of aryl methyl sites for hydroxylation is 1. The van der Waals surface area contributed by atoms with E-state index in [1.165, 1.54) is 0 Å². The number of nitrogens with zero attached hydrogens (tertiary/aromatic N) is 2. The topological polar surface area (TPSA) is 76.2 Å². The number of rotatable bonds is 5. The molecule has 0 saturated carbocycles. The van der Waals surface area contributed by atoms with Gasteiger partial charge in [-0.05, 0) is 17.7 Å². The third-order valence-electron chi connectivity index (χ3n) is 2.31. The molecule has 5 nitrogen and oxygen atoms in total. The average molecular weight is 311 g/mol. The highest BCUT2D eigenvalue weighted by Crippen LogP contribution is 2.14. The van der Waals surface area contributed by atoms with Gasteiger partial charge in [-0.25, -0.2) is 0 Å². The molecule has 1 aromatic heterocycles. The van der Waals surface area contributed by atoms with Gasteiger partial charge >= 0.3 is 5.97 Å². The highest BCUT2D eigenvalue weighted by atomic mass is 79.9. The van der Waals surface area contributed by atoms with E-state index in [1.807, 2.05) is 24.3 Å². The minimum atomic E-state index is -0.873. The number of benzene rings is 1. The summed E-state index contributed by atoms with van der Waals surface area (Å²) in [6.07, 6.45) is 0.829. The van der Waals surface area contributed by atoms with Crippen molar-refractivity contribution < 1.29 is 14.4 Å². The van der Waals surface area contributed by atoms with Crippen LogP contribution >= 0.6 is 15.9 Å². The number of halogens is 1. The molecule has 0 atom stereocenters. The quantitative estimate of drug-likeness (QED) is 0.918. The van der Waals surface area contributed by atoms with Crippen LogP contribution in [0.1, 0.15) is 23.7 Å². The van der Waals surface area contributed by atoms with E-state index in [9.17, 15) is 4.79 Å². The molecule has 0 saturated heterocycles. The smallest absolute Gasteiger partial charge is 0.303 e. The Morgan fingerprint density at radius 2 is 2.28 bits per heavy atom. The van der Waals surface area contributed by atoms with E-state index >= 15 is 0 Å². The van der Waals surface area contributed by atoms with Gasteiger partial charge in [0.1, 0.15) is 0 Å². The van der Waals surface area contributed by atoms with Crippen molar-refractivity contribution in [3.05, 3.63) is 46.0 Å². The summed E-state index contributed by atoms with van der Waals surface area (Å²) in [4.78, 5) is 14.6. The first-order valence-electron chi connectivity index (χ1n) is 5.41. The van der Waals surface area contributed by atoms with Crippen LogP contribution in [0.15, 0.2) is 33.3 Å². The molecule has 0 bridgehead atoms. The molecule has 0 spiro atoms. The molecule has 0 aliphatic rings. The van der Waals surface area contributed by atoms with E-state index in [0.717, 1.165) is 10.0 Å². The molecule has 0 aliphatic carbocycles. The van der Waals surface area contributed by atoms with Gasteiger partial charge in [-0.3, -0.25) is 4.79 Å². The summed E-state index contributed by atoms with van der Waals surface area (Å²) in [5.41, 5.74) is 1.06. The lowest BCUT2D eigenvalue weighted by atomic mass is 10.1. The van der Waals surface area contributed by atoms with Gasteiger partial charge < -0.3 is 9.63 Å². The molecule has 1 heterocycles. The maximum absolute atomic E-state index is 10.4. The van der Waals surface area contributed by atoms with Gasteiger partial charge in [0.2, 0.25) is 5.89 Å². The monoisotopic (exact) mass is 310 g/mol. The first-order chi connectivity index (χ1) is 8.63. The molecule has 0 amide bonds. The number of aliphatic carboxylic acids is 1. The normalized spacial score (nSPS) is 10.5. The summed E-state index contributed by atoms with van der Waals surface area (Å²) in [6, 6.07) is 7.83. The standard InChI is InChI=1S/C12H11BrN2O3/c13-9-3-1-2-8(6-9)7-10-14-11(18-15-10)4-5-12(16)17/h1-3,6H,4-5,7H2,(H,16,17). The van der Waals surface area contributed by atoms with Crippen LogP contribution in [0.4, 0.5) is 0 Å². The van der Waals surface area contributed by atoms with Crippen molar-refractivity contribution >= 4 is 21.9 Å². The Morgan fingerprint density at radius 1 is 1.44 bits per heavy atom. The van der Waals surface area contributed by atoms with E-state index in [4.69, 9.17) is 9.63 Å². The Kier molecular flexibility index (Phi) is 4.09. The lowest BCUT2D eigenvalue weighted by Gasteiger charge is -1.96. The van der Waals surface area contributed by atoms with Crippen LogP contribution in [0.5, 0.6) is 0 Å². The van der Waals surface area contributed by atoms with Gasteiger partial charge in [0.15, 0.2) is 5.82 Å². The van der Waals surface area contributed by atoms with Gasteiger partial charge in [0, 0.05) is 17.3 Å². The zero-order chi connectivity index (χ0) is 13.0. The SMILES string of the molecule is O=C(O)CCc1nc(Cc2cccc(Br)c2)no1. The second kappa shape index (κ2) is 5.77. The highest BCUT2D eigenvalue weighted by Gasteiger charge is 2.09. The largest absolute Gasteiger partial charge is 0.481 e. The van der Waals surface area contributed by atoms with Gasteiger partial charge in [-0.1, -0.05) is 33.2 Å². The van der Waals surface area contributed by atoms with Gasteiger partial charge in [0.25, 0.3) is 0 Å². The molecule has 0 fully saturated rings. The lowest BCUT2D eigenvalue weighted by molar-refractivity contribution is -0.137. The summed E-state index contributed by atoms with van der Waals surface area (Å²) in [5, 5.41) is 12.4. The van der Waals surface area contributed by atoms with E-state index in [2.05, 4.69) is 26.1 Å². The Morgan fingerprint density at radius 3 is 3.00 bits per heavy atom. The van der Waals surface area contributed by atoms with Gasteiger partial charge in [-0.2, -0.15) is 4.98 Å². The van der Waals surface area contributed by atoms with E-state index < -0.39 is 5.97 Å². The minimum Gasteiger partial charge on any atom is -0.481 e. The van der Waals surface area contributed by atoms with Crippen LogP contribution < -0.4 is 0 Å². The Balaban J connectivity index is 2.00. The van der Waals surface area contributed by atoms with E-state index in [1.54, 1.807) is 0 Å². The first-order valence-corrected chi connectivity index (χ1v) is 6.20. The van der Waals surface area contributed by atoms with Crippen molar-refractivity contribution in [3.8, 4) is 0 Å². The van der Waals surface area contributed by atoms with Crippen molar-refractivity contribution in [1.29, 1.82) is 0 Å². The molecule has 1 N–H and O–H groups in total. The fourth-order valence-electron chi connectivity index (χ4n) is 1.51. The fourth-order valence-corrected chi connectivity index (χ4v) is 1.95. The number of hydrogen-bond acceptors (Lipinski definition) is 4. The summed E-state index contributed by atoms with van der Waals surface area (Å²) in [7, 11) is 0. The lowest BCUT2D eigenvalue weighted by Crippen LogP contribution is -1.98. The highest BCUT2D eigenvalue weighted by molar-refractivity contribution is 9.10. The summed E-state index contributed by atoms with van der Waals surface area (Å²) >= 11 is 3.39. The number of carboxylic acid groups (broad SMARTS) is 1. The first kappa shape index (κ1) is 12.8. The van der Waals surface area contributed by atoms with Crippen molar-refractivity contribution in [2.45, 2.75) is 19.3 Å². The molecule has 0 unspecified atom stereocenters. The second-order valence-electron chi connectivity index (χ2n) is 3.80. The van der Waals surface area contributed by atoms with Crippen LogP contribution in [0, 0.1) is 0 Å². The summed E-state index contributed by atoms with van der Waals surface area (Å²) < 4.78 is 5.98. The number of carboxylic acids is 1. The van der Waals surface area contributed by atoms with Crippen LogP contribution in [0.3, 0.4) is 0 Å². The molecule has 94 valence electrons. The minimum absolute atomic E-state index is 0.00147. The molecule has 18 heavy (non-hydrogen) atoms. The van der Waals surface area contributed by atoms with Crippen molar-refractivity contribution in [2.75, 3.05) is 0 Å². The van der Waals surface area contributed by atoms with E-state index in [0.29, 0.717) is 18.1 Å². The molecule has 0 radical (unpaired) electrons.